The van der Waals surface area contributed by atoms with Gasteiger partial charge in [-0.25, -0.2) is 4.98 Å². The molecule has 112 valence electrons. The molecule has 5 nitrogen and oxygen atoms in total. The van der Waals surface area contributed by atoms with E-state index in [4.69, 9.17) is 0 Å². The molecule has 0 aliphatic carbocycles. The number of aromatic hydroxyl groups is 1. The van der Waals surface area contributed by atoms with Crippen molar-refractivity contribution >= 4 is 17.2 Å². The van der Waals surface area contributed by atoms with E-state index in [9.17, 15) is 9.90 Å². The Kier molecular flexibility index (Phi) is 3.55. The van der Waals surface area contributed by atoms with Crippen LogP contribution in [0.1, 0.15) is 17.0 Å². The molecular weight excluding hydrogens is 278 g/mol. The molecule has 0 aliphatic rings. The Hall–Kier alpha value is -2.82. The molecule has 0 saturated carbocycles. The van der Waals surface area contributed by atoms with E-state index >= 15 is 0 Å². The molecule has 0 atom stereocenters. The quantitative estimate of drug-likeness (QED) is 0.730. The Morgan fingerprint density at radius 2 is 1.95 bits per heavy atom. The summed E-state index contributed by atoms with van der Waals surface area (Å²) in [5, 5.41) is 12.1. The Balaban J connectivity index is 1.84. The minimum Gasteiger partial charge on any atom is -0.508 e. The van der Waals surface area contributed by atoms with Crippen LogP contribution in [0.15, 0.2) is 42.6 Å². The third-order valence-electron chi connectivity index (χ3n) is 3.62. The molecule has 0 bridgehead atoms. The average Bonchev–Trinajstić information content (AvgIpc) is 2.80. The largest absolute Gasteiger partial charge is 0.508 e. The maximum Gasteiger partial charge on any atom is 0.230 e. The van der Waals surface area contributed by atoms with E-state index in [0.717, 1.165) is 22.6 Å². The monoisotopic (exact) mass is 295 g/mol. The summed E-state index contributed by atoms with van der Waals surface area (Å²) in [7, 11) is 0. The van der Waals surface area contributed by atoms with Crippen LogP contribution in [0, 0.1) is 13.8 Å². The van der Waals surface area contributed by atoms with Crippen molar-refractivity contribution in [1.82, 2.24) is 9.38 Å². The number of phenolic OH excluding ortho intramolecular Hbond substituents is 1. The van der Waals surface area contributed by atoms with Gasteiger partial charge in [0.05, 0.1) is 17.8 Å². The Bertz CT molecular complexity index is 835. The molecule has 0 unspecified atom stereocenters. The van der Waals surface area contributed by atoms with Crippen molar-refractivity contribution in [3.8, 4) is 5.75 Å². The van der Waals surface area contributed by atoms with Crippen molar-refractivity contribution in [3.63, 3.8) is 0 Å². The smallest absolute Gasteiger partial charge is 0.230 e. The lowest BCUT2D eigenvalue weighted by atomic mass is 10.2. The number of fused-ring (bicyclic) bond motifs is 1. The van der Waals surface area contributed by atoms with Crippen LogP contribution < -0.4 is 5.32 Å². The highest BCUT2D eigenvalue weighted by Gasteiger charge is 2.13. The molecule has 1 aromatic carbocycles. The fourth-order valence-electron chi connectivity index (χ4n) is 2.48. The van der Waals surface area contributed by atoms with Crippen LogP contribution in [-0.2, 0) is 11.2 Å². The van der Waals surface area contributed by atoms with Gasteiger partial charge in [0.1, 0.15) is 11.4 Å². The molecule has 3 rings (SSSR count). The highest BCUT2D eigenvalue weighted by molar-refractivity contribution is 5.92. The molecule has 0 spiro atoms. The lowest BCUT2D eigenvalue weighted by Gasteiger charge is -2.06. The summed E-state index contributed by atoms with van der Waals surface area (Å²) in [6, 6.07) is 10.4. The Morgan fingerprint density at radius 3 is 2.68 bits per heavy atom. The van der Waals surface area contributed by atoms with Crippen molar-refractivity contribution in [2.24, 2.45) is 0 Å². The van der Waals surface area contributed by atoms with Crippen LogP contribution in [0.4, 0.5) is 5.69 Å². The fraction of sp³-hybridized carbons (Fsp3) is 0.176. The maximum absolute atomic E-state index is 12.2. The summed E-state index contributed by atoms with van der Waals surface area (Å²) in [6.45, 7) is 3.91. The SMILES string of the molecule is Cc1nc2c(C)cccn2c1CC(=O)Nc1ccc(O)cc1. The van der Waals surface area contributed by atoms with Crippen LogP contribution in [0.25, 0.3) is 5.65 Å². The summed E-state index contributed by atoms with van der Waals surface area (Å²) in [6.07, 6.45) is 2.17. The van der Waals surface area contributed by atoms with Crippen LogP contribution in [0.2, 0.25) is 0 Å². The van der Waals surface area contributed by atoms with Crippen molar-refractivity contribution in [3.05, 3.63) is 59.5 Å². The third kappa shape index (κ3) is 2.65. The van der Waals surface area contributed by atoms with E-state index in [1.165, 1.54) is 0 Å². The standard InChI is InChI=1S/C17H17N3O2/c1-11-4-3-9-20-15(12(2)18-17(11)20)10-16(22)19-13-5-7-14(21)8-6-13/h3-9,21H,10H2,1-2H3,(H,19,22). The molecule has 3 aromatic rings. The number of phenols is 1. The number of aromatic nitrogens is 2. The third-order valence-corrected chi connectivity index (χ3v) is 3.62. The van der Waals surface area contributed by atoms with Gasteiger partial charge in [-0.3, -0.25) is 4.79 Å². The molecule has 0 saturated heterocycles. The first-order valence-corrected chi connectivity index (χ1v) is 7.06. The number of amides is 1. The lowest BCUT2D eigenvalue weighted by molar-refractivity contribution is -0.115. The van der Waals surface area contributed by atoms with E-state index in [-0.39, 0.29) is 18.1 Å². The number of carbonyl (C=O) groups is 1. The molecular formula is C17H17N3O2. The van der Waals surface area contributed by atoms with Gasteiger partial charge in [-0.15, -0.1) is 0 Å². The number of imidazole rings is 1. The van der Waals surface area contributed by atoms with Gasteiger partial charge < -0.3 is 14.8 Å². The predicted molar refractivity (Wildman–Crippen MR) is 85.1 cm³/mol. The second-order valence-electron chi connectivity index (χ2n) is 5.30. The highest BCUT2D eigenvalue weighted by atomic mass is 16.3. The highest BCUT2D eigenvalue weighted by Crippen LogP contribution is 2.17. The van der Waals surface area contributed by atoms with E-state index in [1.54, 1.807) is 24.3 Å². The zero-order valence-electron chi connectivity index (χ0n) is 12.5. The number of nitrogens with zero attached hydrogens (tertiary/aromatic N) is 2. The topological polar surface area (TPSA) is 66.6 Å². The maximum atomic E-state index is 12.2. The summed E-state index contributed by atoms with van der Waals surface area (Å²) in [4.78, 5) is 16.8. The number of rotatable bonds is 3. The molecule has 0 radical (unpaired) electrons. The number of hydrogen-bond donors (Lipinski definition) is 2. The van der Waals surface area contributed by atoms with Crippen LogP contribution >= 0.6 is 0 Å². The lowest BCUT2D eigenvalue weighted by Crippen LogP contribution is -2.16. The Morgan fingerprint density at radius 1 is 1.23 bits per heavy atom. The van der Waals surface area contributed by atoms with Crippen molar-refractivity contribution in [2.75, 3.05) is 5.32 Å². The van der Waals surface area contributed by atoms with Crippen LogP contribution in [0.5, 0.6) is 5.75 Å². The van der Waals surface area contributed by atoms with E-state index in [1.807, 2.05) is 36.6 Å². The number of hydrogen-bond acceptors (Lipinski definition) is 3. The molecule has 2 N–H and O–H groups in total. The van der Waals surface area contributed by atoms with Crippen LogP contribution in [-0.4, -0.2) is 20.4 Å². The number of pyridine rings is 1. The summed E-state index contributed by atoms with van der Waals surface area (Å²) >= 11 is 0. The first kappa shape index (κ1) is 14.1. The average molecular weight is 295 g/mol. The molecule has 5 heteroatoms. The number of aryl methyl sites for hydroxylation is 2. The van der Waals surface area contributed by atoms with Gasteiger partial charge >= 0.3 is 0 Å². The number of nitrogens with one attached hydrogen (secondary N) is 1. The number of anilines is 1. The summed E-state index contributed by atoms with van der Waals surface area (Å²) in [5.41, 5.74) is 4.36. The minimum absolute atomic E-state index is 0.114. The first-order valence-electron chi connectivity index (χ1n) is 7.06. The fourth-order valence-corrected chi connectivity index (χ4v) is 2.48. The molecule has 1 amide bonds. The molecule has 0 aliphatic heterocycles. The van der Waals surface area contributed by atoms with Gasteiger partial charge in [-0.1, -0.05) is 6.07 Å². The number of benzene rings is 1. The van der Waals surface area contributed by atoms with Gasteiger partial charge in [0.15, 0.2) is 0 Å². The molecule has 0 fully saturated rings. The van der Waals surface area contributed by atoms with E-state index < -0.39 is 0 Å². The van der Waals surface area contributed by atoms with Crippen molar-refractivity contribution in [2.45, 2.75) is 20.3 Å². The van der Waals surface area contributed by atoms with Gasteiger partial charge in [0.2, 0.25) is 5.91 Å². The van der Waals surface area contributed by atoms with Gasteiger partial charge in [0, 0.05) is 11.9 Å². The molecule has 22 heavy (non-hydrogen) atoms. The van der Waals surface area contributed by atoms with Gasteiger partial charge in [-0.2, -0.15) is 0 Å². The zero-order chi connectivity index (χ0) is 15.7. The number of carbonyl (C=O) groups excluding carboxylic acids is 1. The first-order chi connectivity index (χ1) is 10.5. The van der Waals surface area contributed by atoms with E-state index in [2.05, 4.69) is 10.3 Å². The Labute approximate surface area is 128 Å². The van der Waals surface area contributed by atoms with Crippen LogP contribution in [0.3, 0.4) is 0 Å². The van der Waals surface area contributed by atoms with E-state index in [0.29, 0.717) is 5.69 Å². The van der Waals surface area contributed by atoms with Crippen molar-refractivity contribution in [1.29, 1.82) is 0 Å². The molecule has 2 heterocycles. The minimum atomic E-state index is -0.114. The van der Waals surface area contributed by atoms with Gasteiger partial charge in [0.25, 0.3) is 0 Å². The van der Waals surface area contributed by atoms with Gasteiger partial charge in [-0.05, 0) is 49.7 Å². The van der Waals surface area contributed by atoms with Crippen molar-refractivity contribution < 1.29 is 9.90 Å². The second kappa shape index (κ2) is 5.52. The molecule has 2 aromatic heterocycles. The normalized spacial score (nSPS) is 10.8. The summed E-state index contributed by atoms with van der Waals surface area (Å²) < 4.78 is 1.96. The zero-order valence-corrected chi connectivity index (χ0v) is 12.5. The summed E-state index contributed by atoms with van der Waals surface area (Å²) in [5.74, 6) is 0.0585. The predicted octanol–water partition coefficient (Wildman–Crippen LogP) is 2.84. The second-order valence-corrected chi connectivity index (χ2v) is 5.30.